The highest BCUT2D eigenvalue weighted by atomic mass is 32.2. The molecule has 0 saturated heterocycles. The van der Waals surface area contributed by atoms with Crippen molar-refractivity contribution in [3.8, 4) is 0 Å². The Labute approximate surface area is 107 Å². The molecule has 0 N–H and O–H groups in total. The number of hydrogen-bond acceptors (Lipinski definition) is 4. The lowest BCUT2D eigenvalue weighted by Crippen LogP contribution is -1.91. The number of hydrogen-bond donors (Lipinski definition) is 0. The molecule has 2 rings (SSSR count). The summed E-state index contributed by atoms with van der Waals surface area (Å²) in [6, 6.07) is 9.95. The van der Waals surface area contributed by atoms with Gasteiger partial charge in [-0.05, 0) is 24.4 Å². The molecule has 0 aliphatic carbocycles. The second kappa shape index (κ2) is 4.95. The molecular formula is C11H9NOS3. The fourth-order valence-electron chi connectivity index (χ4n) is 1.25. The standard InChI is InChI=1S/C11H9NOS3/c1-12-10(9(7-13)16-11(12)14)15-8-5-3-2-4-6-8/h2-7H,1H3. The monoisotopic (exact) mass is 267 g/mol. The van der Waals surface area contributed by atoms with Crippen LogP contribution in [0.15, 0.2) is 40.3 Å². The molecule has 0 aliphatic rings. The fraction of sp³-hybridized carbons (Fsp3) is 0.0909. The number of rotatable bonds is 3. The number of aromatic nitrogens is 1. The van der Waals surface area contributed by atoms with E-state index in [9.17, 15) is 4.79 Å². The molecule has 5 heteroatoms. The normalized spacial score (nSPS) is 10.3. The Balaban J connectivity index is 2.42. The van der Waals surface area contributed by atoms with Crippen LogP contribution >= 0.6 is 35.3 Å². The van der Waals surface area contributed by atoms with E-state index in [1.54, 1.807) is 11.8 Å². The van der Waals surface area contributed by atoms with Gasteiger partial charge in [0.25, 0.3) is 0 Å². The van der Waals surface area contributed by atoms with Gasteiger partial charge in [0.1, 0.15) is 9.90 Å². The Morgan fingerprint density at radius 2 is 2.06 bits per heavy atom. The van der Waals surface area contributed by atoms with Crippen LogP contribution in [-0.4, -0.2) is 10.9 Å². The Morgan fingerprint density at radius 1 is 1.38 bits per heavy atom. The lowest BCUT2D eigenvalue weighted by molar-refractivity contribution is 0.112. The summed E-state index contributed by atoms with van der Waals surface area (Å²) in [6.45, 7) is 0. The molecule has 0 unspecified atom stereocenters. The van der Waals surface area contributed by atoms with E-state index in [4.69, 9.17) is 12.2 Å². The van der Waals surface area contributed by atoms with E-state index in [-0.39, 0.29) is 0 Å². The summed E-state index contributed by atoms with van der Waals surface area (Å²) in [5, 5.41) is 0.913. The first-order valence-corrected chi connectivity index (χ1v) is 6.64. The molecule has 0 spiro atoms. The molecular weight excluding hydrogens is 258 g/mol. The Bertz CT molecular complexity index is 556. The van der Waals surface area contributed by atoms with Gasteiger partial charge in [0.2, 0.25) is 0 Å². The number of benzene rings is 1. The fourth-order valence-corrected chi connectivity index (χ4v) is 3.56. The molecule has 2 aromatic rings. The lowest BCUT2D eigenvalue weighted by Gasteiger charge is -2.02. The van der Waals surface area contributed by atoms with Gasteiger partial charge in [-0.1, -0.05) is 30.0 Å². The van der Waals surface area contributed by atoms with Crippen LogP contribution in [0, 0.1) is 3.95 Å². The van der Waals surface area contributed by atoms with Crippen LogP contribution in [0.3, 0.4) is 0 Å². The Hall–Kier alpha value is -0.910. The van der Waals surface area contributed by atoms with Crippen molar-refractivity contribution in [2.24, 2.45) is 7.05 Å². The third-order valence-electron chi connectivity index (χ3n) is 2.05. The quantitative estimate of drug-likeness (QED) is 0.624. The second-order valence-electron chi connectivity index (χ2n) is 3.13. The molecule has 1 heterocycles. The average Bonchev–Trinajstić information content (AvgIpc) is 2.58. The van der Waals surface area contributed by atoms with Gasteiger partial charge in [-0.15, -0.1) is 11.3 Å². The molecule has 1 aromatic carbocycles. The average molecular weight is 267 g/mol. The van der Waals surface area contributed by atoms with Crippen LogP contribution in [0.4, 0.5) is 0 Å². The SMILES string of the molecule is Cn1c(Sc2ccccc2)c(C=O)sc1=S. The van der Waals surface area contributed by atoms with Gasteiger partial charge in [-0.25, -0.2) is 0 Å². The summed E-state index contributed by atoms with van der Waals surface area (Å²) in [5.74, 6) is 0. The maximum absolute atomic E-state index is 10.9. The van der Waals surface area contributed by atoms with E-state index in [2.05, 4.69) is 0 Å². The topological polar surface area (TPSA) is 22.0 Å². The van der Waals surface area contributed by atoms with Gasteiger partial charge in [0.05, 0.1) is 0 Å². The zero-order valence-corrected chi connectivity index (χ0v) is 11.0. The van der Waals surface area contributed by atoms with Crippen molar-refractivity contribution in [2.45, 2.75) is 9.92 Å². The van der Waals surface area contributed by atoms with E-state index < -0.39 is 0 Å². The van der Waals surface area contributed by atoms with Crippen LogP contribution in [-0.2, 0) is 7.05 Å². The minimum absolute atomic E-state index is 0.696. The highest BCUT2D eigenvalue weighted by Crippen LogP contribution is 2.32. The van der Waals surface area contributed by atoms with Gasteiger partial charge in [0, 0.05) is 11.9 Å². The third-order valence-corrected chi connectivity index (χ3v) is 4.86. The Morgan fingerprint density at radius 3 is 2.69 bits per heavy atom. The number of aldehydes is 1. The largest absolute Gasteiger partial charge is 0.320 e. The molecule has 16 heavy (non-hydrogen) atoms. The molecule has 0 radical (unpaired) electrons. The number of carbonyl (C=O) groups excluding carboxylic acids is 1. The molecule has 0 saturated carbocycles. The van der Waals surface area contributed by atoms with E-state index >= 15 is 0 Å². The molecule has 82 valence electrons. The summed E-state index contributed by atoms with van der Waals surface area (Å²) < 4.78 is 2.60. The van der Waals surface area contributed by atoms with Gasteiger partial charge in [-0.3, -0.25) is 4.79 Å². The highest BCUT2D eigenvalue weighted by Gasteiger charge is 2.10. The van der Waals surface area contributed by atoms with Crippen molar-refractivity contribution in [1.29, 1.82) is 0 Å². The van der Waals surface area contributed by atoms with Crippen LogP contribution < -0.4 is 0 Å². The maximum atomic E-state index is 10.9. The van der Waals surface area contributed by atoms with Crippen molar-refractivity contribution in [3.05, 3.63) is 39.2 Å². The summed E-state index contributed by atoms with van der Waals surface area (Å²) in [5.41, 5.74) is 0. The molecule has 0 aliphatic heterocycles. The van der Waals surface area contributed by atoms with Gasteiger partial charge in [0.15, 0.2) is 10.2 Å². The van der Waals surface area contributed by atoms with Gasteiger partial charge >= 0.3 is 0 Å². The van der Waals surface area contributed by atoms with Gasteiger partial charge in [-0.2, -0.15) is 0 Å². The van der Waals surface area contributed by atoms with Crippen molar-refractivity contribution >= 4 is 41.6 Å². The predicted molar refractivity (Wildman–Crippen MR) is 70.1 cm³/mol. The first kappa shape index (κ1) is 11.6. The van der Waals surface area contributed by atoms with Crippen LogP contribution in [0.25, 0.3) is 0 Å². The summed E-state index contributed by atoms with van der Waals surface area (Å²) in [4.78, 5) is 12.7. The van der Waals surface area contributed by atoms with Gasteiger partial charge < -0.3 is 4.57 Å². The highest BCUT2D eigenvalue weighted by molar-refractivity contribution is 7.99. The number of thiazole rings is 1. The second-order valence-corrected chi connectivity index (χ2v) is 5.87. The minimum Gasteiger partial charge on any atom is -0.320 e. The maximum Gasteiger partial charge on any atom is 0.162 e. The van der Waals surface area contributed by atoms with Crippen molar-refractivity contribution in [2.75, 3.05) is 0 Å². The molecule has 2 nitrogen and oxygen atoms in total. The van der Waals surface area contributed by atoms with E-state index in [1.165, 1.54) is 11.3 Å². The number of nitrogens with zero attached hydrogens (tertiary/aromatic N) is 1. The zero-order chi connectivity index (χ0) is 11.5. The Kier molecular flexibility index (Phi) is 3.58. The van der Waals surface area contributed by atoms with E-state index in [0.717, 1.165) is 20.2 Å². The molecule has 0 atom stereocenters. The summed E-state index contributed by atoms with van der Waals surface area (Å²) in [7, 11) is 1.89. The first-order valence-electron chi connectivity index (χ1n) is 4.60. The molecule has 1 aromatic heterocycles. The predicted octanol–water partition coefficient (Wildman–Crippen LogP) is 3.78. The van der Waals surface area contributed by atoms with E-state index in [1.807, 2.05) is 41.9 Å². The van der Waals surface area contributed by atoms with Crippen LogP contribution in [0.1, 0.15) is 9.67 Å². The zero-order valence-electron chi connectivity index (χ0n) is 8.54. The summed E-state index contributed by atoms with van der Waals surface area (Å²) in [6.07, 6.45) is 0.867. The van der Waals surface area contributed by atoms with Crippen molar-refractivity contribution < 1.29 is 4.79 Å². The van der Waals surface area contributed by atoms with Crippen molar-refractivity contribution in [1.82, 2.24) is 4.57 Å². The molecule has 0 fully saturated rings. The smallest absolute Gasteiger partial charge is 0.162 e. The molecule has 0 amide bonds. The first-order chi connectivity index (χ1) is 7.72. The third kappa shape index (κ3) is 2.26. The summed E-state index contributed by atoms with van der Waals surface area (Å²) >= 11 is 8.06. The number of carbonyl (C=O) groups is 1. The van der Waals surface area contributed by atoms with Crippen molar-refractivity contribution in [3.63, 3.8) is 0 Å². The minimum atomic E-state index is 0.696. The lowest BCUT2D eigenvalue weighted by atomic mass is 10.4. The van der Waals surface area contributed by atoms with Crippen LogP contribution in [0.2, 0.25) is 0 Å². The molecule has 0 bridgehead atoms. The van der Waals surface area contributed by atoms with E-state index in [0.29, 0.717) is 4.88 Å². The van der Waals surface area contributed by atoms with Crippen LogP contribution in [0.5, 0.6) is 0 Å².